The highest BCUT2D eigenvalue weighted by Crippen LogP contribution is 2.37. The van der Waals surface area contributed by atoms with E-state index in [1.54, 1.807) is 13.1 Å². The summed E-state index contributed by atoms with van der Waals surface area (Å²) in [7, 11) is 0. The molecule has 0 radical (unpaired) electrons. The number of aliphatic imine (C=N–C) groups is 1. The second kappa shape index (κ2) is 11.9. The van der Waals surface area contributed by atoms with Crippen LogP contribution in [0.15, 0.2) is 46.0 Å². The molecule has 0 amide bonds. The van der Waals surface area contributed by atoms with Crippen LogP contribution >= 0.6 is 22.9 Å². The van der Waals surface area contributed by atoms with Crippen molar-refractivity contribution in [3.63, 3.8) is 0 Å². The summed E-state index contributed by atoms with van der Waals surface area (Å²) in [5, 5.41) is 15.0. The number of carbonyl (C=O) groups is 2. The van der Waals surface area contributed by atoms with Gasteiger partial charge in [-0.2, -0.15) is 0 Å². The molecule has 2 aromatic rings. The van der Waals surface area contributed by atoms with Gasteiger partial charge in [-0.25, -0.2) is 14.2 Å². The third-order valence-corrected chi connectivity index (χ3v) is 7.02. The number of esters is 1. The van der Waals surface area contributed by atoms with Crippen molar-refractivity contribution in [2.75, 3.05) is 32.9 Å². The molecule has 0 bridgehead atoms. The van der Waals surface area contributed by atoms with Crippen molar-refractivity contribution in [2.45, 2.75) is 31.8 Å². The smallest absolute Gasteiger partial charge is 0.338 e. The van der Waals surface area contributed by atoms with E-state index in [0.717, 1.165) is 0 Å². The highest BCUT2D eigenvalue weighted by molar-refractivity contribution is 7.11. The first-order chi connectivity index (χ1) is 17.4. The van der Waals surface area contributed by atoms with Crippen LogP contribution in [0.4, 0.5) is 4.39 Å². The highest BCUT2D eigenvalue weighted by atomic mass is 35.5. The Morgan fingerprint density at radius 3 is 2.94 bits per heavy atom. The molecule has 1 saturated heterocycles. The van der Waals surface area contributed by atoms with Crippen molar-refractivity contribution in [1.82, 2.24) is 15.2 Å². The molecule has 36 heavy (non-hydrogen) atoms. The number of halogens is 2. The number of carboxylic acid groups (broad SMARTS) is 1. The Kier molecular flexibility index (Phi) is 8.68. The molecule has 1 fully saturated rings. The van der Waals surface area contributed by atoms with Crippen LogP contribution in [0.3, 0.4) is 0 Å². The normalized spacial score (nSPS) is 20.6. The maximum Gasteiger partial charge on any atom is 0.338 e. The number of aromatic nitrogens is 1. The molecule has 1 aromatic carbocycles. The Bertz CT molecular complexity index is 1170. The van der Waals surface area contributed by atoms with Gasteiger partial charge in [0.15, 0.2) is 10.8 Å². The lowest BCUT2D eigenvalue weighted by molar-refractivity contribution is -0.139. The number of carbonyl (C=O) groups excluding carboxylic acids is 1. The summed E-state index contributed by atoms with van der Waals surface area (Å²) in [6, 6.07) is 2.96. The van der Waals surface area contributed by atoms with Gasteiger partial charge in [-0.3, -0.25) is 14.7 Å². The molecule has 0 unspecified atom stereocenters. The first-order valence-corrected chi connectivity index (χ1v) is 12.8. The van der Waals surface area contributed by atoms with Gasteiger partial charge in [0.1, 0.15) is 11.9 Å². The van der Waals surface area contributed by atoms with Crippen LogP contribution in [-0.4, -0.2) is 71.7 Å². The number of morpholine rings is 1. The van der Waals surface area contributed by atoms with Crippen molar-refractivity contribution < 1.29 is 28.6 Å². The number of carboxylic acids is 1. The maximum atomic E-state index is 13.8. The molecule has 1 aromatic heterocycles. The number of nitrogens with zero attached hydrogens (tertiary/aromatic N) is 3. The highest BCUT2D eigenvalue weighted by Gasteiger charge is 2.36. The first-order valence-electron chi connectivity index (χ1n) is 11.5. The largest absolute Gasteiger partial charge is 0.481 e. The van der Waals surface area contributed by atoms with E-state index in [1.165, 1.54) is 29.5 Å². The number of aliphatic carboxylic acids is 1. The lowest BCUT2D eigenvalue weighted by atomic mass is 9.94. The topological polar surface area (TPSA) is 113 Å². The van der Waals surface area contributed by atoms with Crippen LogP contribution < -0.4 is 5.32 Å². The zero-order valence-corrected chi connectivity index (χ0v) is 21.1. The number of ether oxygens (including phenoxy) is 2. The monoisotopic (exact) mass is 536 g/mol. The summed E-state index contributed by atoms with van der Waals surface area (Å²) in [4.78, 5) is 35.6. The minimum Gasteiger partial charge on any atom is -0.481 e. The van der Waals surface area contributed by atoms with E-state index in [2.05, 4.69) is 15.2 Å². The predicted molar refractivity (Wildman–Crippen MR) is 133 cm³/mol. The SMILES string of the molecule is CCOC(=O)C1=C(CN2CCOC[C@@H]2CCC(=O)O)NC(c2nccs2)=N[C@H]1c1ccc(F)cc1Cl. The van der Waals surface area contributed by atoms with E-state index in [4.69, 9.17) is 31.2 Å². The van der Waals surface area contributed by atoms with E-state index >= 15 is 0 Å². The third-order valence-electron chi connectivity index (χ3n) is 5.92. The molecule has 192 valence electrons. The van der Waals surface area contributed by atoms with Crippen LogP contribution in [0.25, 0.3) is 0 Å². The predicted octanol–water partition coefficient (Wildman–Crippen LogP) is 3.41. The van der Waals surface area contributed by atoms with Gasteiger partial charge < -0.3 is 19.9 Å². The van der Waals surface area contributed by atoms with Crippen molar-refractivity contribution in [1.29, 1.82) is 0 Å². The van der Waals surface area contributed by atoms with Gasteiger partial charge in [0, 0.05) is 53.4 Å². The van der Waals surface area contributed by atoms with Crippen molar-refractivity contribution in [2.24, 2.45) is 4.99 Å². The second-order valence-electron chi connectivity index (χ2n) is 8.25. The number of thiazole rings is 1. The zero-order valence-electron chi connectivity index (χ0n) is 19.6. The van der Waals surface area contributed by atoms with Crippen molar-refractivity contribution >= 4 is 40.7 Å². The number of nitrogens with one attached hydrogen (secondary N) is 1. The molecule has 9 nitrogen and oxygen atoms in total. The molecule has 2 N–H and O–H groups in total. The summed E-state index contributed by atoms with van der Waals surface area (Å²) in [6.07, 6.45) is 2.05. The van der Waals surface area contributed by atoms with E-state index in [0.29, 0.717) is 54.8 Å². The van der Waals surface area contributed by atoms with Gasteiger partial charge in [-0.05, 0) is 25.5 Å². The standard InChI is InChI=1S/C24H26ClFN4O5S/c1-2-35-24(33)20-18(12-30-8-9-34-13-15(30)4-6-19(31)32)28-22(23-27-7-10-36-23)29-21(20)16-5-3-14(26)11-17(16)25/h3,5,7,10-11,15,21H,2,4,6,8-9,12-13H2,1H3,(H,28,29)(H,31,32)/t15-,21-/m0/s1. The summed E-state index contributed by atoms with van der Waals surface area (Å²) < 4.78 is 24.8. The average molecular weight is 537 g/mol. The fraction of sp³-hybridized carbons (Fsp3) is 0.417. The molecule has 2 aliphatic heterocycles. The molecule has 2 aliphatic rings. The molecule has 12 heteroatoms. The van der Waals surface area contributed by atoms with E-state index in [9.17, 15) is 14.0 Å². The van der Waals surface area contributed by atoms with Gasteiger partial charge in [0.2, 0.25) is 0 Å². The number of rotatable bonds is 9. The first kappa shape index (κ1) is 26.2. The zero-order chi connectivity index (χ0) is 25.7. The van der Waals surface area contributed by atoms with Crippen LogP contribution in [-0.2, 0) is 19.1 Å². The lowest BCUT2D eigenvalue weighted by Crippen LogP contribution is -2.49. The van der Waals surface area contributed by atoms with E-state index < -0.39 is 23.8 Å². The van der Waals surface area contributed by atoms with Gasteiger partial charge >= 0.3 is 11.9 Å². The summed E-state index contributed by atoms with van der Waals surface area (Å²) >= 11 is 7.79. The number of hydrogen-bond donors (Lipinski definition) is 2. The maximum absolute atomic E-state index is 13.8. The van der Waals surface area contributed by atoms with Crippen LogP contribution in [0.2, 0.25) is 5.02 Å². The average Bonchev–Trinajstić information content (AvgIpc) is 3.38. The Morgan fingerprint density at radius 1 is 1.42 bits per heavy atom. The van der Waals surface area contributed by atoms with Crippen LogP contribution in [0, 0.1) is 5.82 Å². The molecular weight excluding hydrogens is 511 g/mol. The fourth-order valence-electron chi connectivity index (χ4n) is 4.22. The molecule has 0 spiro atoms. The Morgan fingerprint density at radius 2 is 2.25 bits per heavy atom. The molecule has 3 heterocycles. The minimum atomic E-state index is -0.882. The number of benzene rings is 1. The fourth-order valence-corrected chi connectivity index (χ4v) is 5.08. The summed E-state index contributed by atoms with van der Waals surface area (Å²) in [5.41, 5.74) is 1.26. The summed E-state index contributed by atoms with van der Waals surface area (Å²) in [6.45, 7) is 3.57. The van der Waals surface area contributed by atoms with Crippen molar-refractivity contribution in [3.05, 3.63) is 62.5 Å². The van der Waals surface area contributed by atoms with E-state index in [1.807, 2.05) is 5.38 Å². The minimum absolute atomic E-state index is 0.00136. The lowest BCUT2D eigenvalue weighted by Gasteiger charge is -2.37. The molecule has 0 aliphatic carbocycles. The van der Waals surface area contributed by atoms with Crippen LogP contribution in [0.5, 0.6) is 0 Å². The molecule has 0 saturated carbocycles. The Labute approximate surface area is 216 Å². The Balaban J connectivity index is 1.78. The van der Waals surface area contributed by atoms with Gasteiger partial charge in [0.25, 0.3) is 0 Å². The van der Waals surface area contributed by atoms with Crippen molar-refractivity contribution in [3.8, 4) is 0 Å². The number of hydrogen-bond acceptors (Lipinski definition) is 9. The molecule has 4 rings (SSSR count). The quantitative estimate of drug-likeness (QED) is 0.469. The van der Waals surface area contributed by atoms with Gasteiger partial charge in [-0.1, -0.05) is 17.7 Å². The van der Waals surface area contributed by atoms with Crippen LogP contribution in [0.1, 0.15) is 36.4 Å². The third kappa shape index (κ3) is 6.09. The number of amidine groups is 1. The second-order valence-corrected chi connectivity index (χ2v) is 9.55. The summed E-state index contributed by atoms with van der Waals surface area (Å²) in [5.74, 6) is -1.50. The molecule has 2 atom stereocenters. The van der Waals surface area contributed by atoms with Gasteiger partial charge in [0.05, 0.1) is 25.4 Å². The Hall–Kier alpha value is -2.86. The molecular formula is C24H26ClFN4O5S. The van der Waals surface area contributed by atoms with Gasteiger partial charge in [-0.15, -0.1) is 11.3 Å². The van der Waals surface area contributed by atoms with E-state index in [-0.39, 0.29) is 29.7 Å².